The van der Waals surface area contributed by atoms with Crippen molar-refractivity contribution in [3.8, 4) is 0 Å². The minimum atomic E-state index is -1.10. The van der Waals surface area contributed by atoms with E-state index in [0.29, 0.717) is 38.5 Å². The Morgan fingerprint density at radius 3 is 2.75 bits per heavy atom. The van der Waals surface area contributed by atoms with E-state index in [-0.39, 0.29) is 12.1 Å². The fourth-order valence-electron chi connectivity index (χ4n) is 3.20. The number of carbonyl (C=O) groups excluding carboxylic acids is 1. The maximum atomic E-state index is 12.3. The van der Waals surface area contributed by atoms with Crippen molar-refractivity contribution in [3.63, 3.8) is 0 Å². The molecule has 114 valence electrons. The third-order valence-corrected chi connectivity index (χ3v) is 4.28. The lowest BCUT2D eigenvalue weighted by Crippen LogP contribution is -2.61. The van der Waals surface area contributed by atoms with E-state index >= 15 is 0 Å². The van der Waals surface area contributed by atoms with E-state index in [2.05, 4.69) is 5.32 Å². The molecule has 1 aliphatic heterocycles. The minimum absolute atomic E-state index is 0.000516. The zero-order chi connectivity index (χ0) is 14.8. The molecular formula is C14H24N2O4. The lowest BCUT2D eigenvalue weighted by atomic mass is 9.76. The van der Waals surface area contributed by atoms with Crippen molar-refractivity contribution in [2.75, 3.05) is 19.7 Å². The van der Waals surface area contributed by atoms with Gasteiger partial charge in [0.05, 0.1) is 12.7 Å². The van der Waals surface area contributed by atoms with Gasteiger partial charge < -0.3 is 20.1 Å². The van der Waals surface area contributed by atoms with E-state index in [1.54, 1.807) is 4.90 Å². The number of nitrogens with zero attached hydrogens (tertiary/aromatic N) is 1. The van der Waals surface area contributed by atoms with Gasteiger partial charge in [0.2, 0.25) is 0 Å². The van der Waals surface area contributed by atoms with Gasteiger partial charge >= 0.3 is 12.0 Å². The van der Waals surface area contributed by atoms with Gasteiger partial charge in [-0.2, -0.15) is 0 Å². The Balaban J connectivity index is 2.04. The highest BCUT2D eigenvalue weighted by Crippen LogP contribution is 2.32. The predicted molar refractivity (Wildman–Crippen MR) is 73.5 cm³/mol. The molecule has 1 saturated heterocycles. The molecule has 2 fully saturated rings. The summed E-state index contributed by atoms with van der Waals surface area (Å²) >= 11 is 0. The van der Waals surface area contributed by atoms with Gasteiger partial charge in [-0.3, -0.25) is 0 Å². The van der Waals surface area contributed by atoms with Crippen LogP contribution < -0.4 is 5.32 Å². The second kappa shape index (κ2) is 5.99. The van der Waals surface area contributed by atoms with Crippen LogP contribution in [0.4, 0.5) is 4.79 Å². The van der Waals surface area contributed by atoms with Crippen LogP contribution in [-0.2, 0) is 9.53 Å². The van der Waals surface area contributed by atoms with Gasteiger partial charge in [0.25, 0.3) is 0 Å². The minimum Gasteiger partial charge on any atom is -0.480 e. The zero-order valence-corrected chi connectivity index (χ0v) is 12.2. The lowest BCUT2D eigenvalue weighted by Gasteiger charge is -2.39. The Labute approximate surface area is 119 Å². The normalized spacial score (nSPS) is 34.6. The number of nitrogens with one attached hydrogen (secondary N) is 1. The molecule has 3 atom stereocenters. The average molecular weight is 284 g/mol. The largest absolute Gasteiger partial charge is 0.480 e. The molecule has 0 aromatic heterocycles. The highest BCUT2D eigenvalue weighted by molar-refractivity contribution is 5.86. The summed E-state index contributed by atoms with van der Waals surface area (Å²) in [6.07, 6.45) is 2.89. The Morgan fingerprint density at radius 2 is 2.15 bits per heavy atom. The van der Waals surface area contributed by atoms with Crippen molar-refractivity contribution >= 4 is 12.0 Å². The molecule has 2 rings (SSSR count). The SMILES string of the molecule is CC1CCCC(NC(=O)N2CCOC(C)C2)(C(=O)O)C1. The Bertz CT molecular complexity index is 387. The van der Waals surface area contributed by atoms with E-state index < -0.39 is 11.5 Å². The summed E-state index contributed by atoms with van der Waals surface area (Å²) in [5, 5.41) is 12.3. The Kier molecular flexibility index (Phi) is 4.52. The molecule has 3 unspecified atom stereocenters. The number of carboxylic acid groups (broad SMARTS) is 1. The van der Waals surface area contributed by atoms with Gasteiger partial charge in [0.15, 0.2) is 0 Å². The first-order valence-corrected chi connectivity index (χ1v) is 7.35. The number of aliphatic carboxylic acids is 1. The first-order chi connectivity index (χ1) is 9.43. The second-order valence-corrected chi connectivity index (χ2v) is 6.15. The predicted octanol–water partition coefficient (Wildman–Crippen LogP) is 1.45. The fraction of sp³-hybridized carbons (Fsp3) is 0.857. The van der Waals surface area contributed by atoms with E-state index in [4.69, 9.17) is 4.74 Å². The highest BCUT2D eigenvalue weighted by Gasteiger charge is 2.44. The number of ether oxygens (including phenoxy) is 1. The van der Waals surface area contributed by atoms with E-state index in [0.717, 1.165) is 12.8 Å². The molecule has 1 saturated carbocycles. The number of carboxylic acids is 1. The maximum Gasteiger partial charge on any atom is 0.329 e. The third-order valence-electron chi connectivity index (χ3n) is 4.28. The molecule has 0 bridgehead atoms. The molecule has 20 heavy (non-hydrogen) atoms. The molecule has 2 amide bonds. The standard InChI is InChI=1S/C14H24N2O4/c1-10-4-3-5-14(8-10,12(17)18)15-13(19)16-6-7-20-11(2)9-16/h10-11H,3-9H2,1-2H3,(H,15,19)(H,17,18). The number of hydrogen-bond donors (Lipinski definition) is 2. The van der Waals surface area contributed by atoms with Crippen molar-refractivity contribution in [1.82, 2.24) is 10.2 Å². The summed E-state index contributed by atoms with van der Waals surface area (Å²) in [6, 6.07) is -0.281. The van der Waals surface area contributed by atoms with Gasteiger partial charge in [-0.25, -0.2) is 9.59 Å². The van der Waals surface area contributed by atoms with Gasteiger partial charge in [-0.05, 0) is 25.7 Å². The molecule has 0 radical (unpaired) electrons. The fourth-order valence-corrected chi connectivity index (χ4v) is 3.20. The summed E-state index contributed by atoms with van der Waals surface area (Å²) in [7, 11) is 0. The van der Waals surface area contributed by atoms with Crippen LogP contribution >= 0.6 is 0 Å². The highest BCUT2D eigenvalue weighted by atomic mass is 16.5. The first kappa shape index (κ1) is 15.1. The molecule has 1 heterocycles. The lowest BCUT2D eigenvalue weighted by molar-refractivity contribution is -0.146. The summed E-state index contributed by atoms with van der Waals surface area (Å²) in [5.74, 6) is -0.595. The summed E-state index contributed by atoms with van der Waals surface area (Å²) in [4.78, 5) is 25.6. The van der Waals surface area contributed by atoms with Gasteiger partial charge in [0.1, 0.15) is 5.54 Å². The van der Waals surface area contributed by atoms with Crippen LogP contribution in [0.5, 0.6) is 0 Å². The second-order valence-electron chi connectivity index (χ2n) is 6.15. The van der Waals surface area contributed by atoms with E-state index in [1.165, 1.54) is 0 Å². The quantitative estimate of drug-likeness (QED) is 0.804. The van der Waals surface area contributed by atoms with Gasteiger partial charge in [-0.15, -0.1) is 0 Å². The number of carbonyl (C=O) groups is 2. The van der Waals surface area contributed by atoms with Crippen molar-refractivity contribution in [3.05, 3.63) is 0 Å². The van der Waals surface area contributed by atoms with Crippen LogP contribution in [-0.4, -0.2) is 53.3 Å². The zero-order valence-electron chi connectivity index (χ0n) is 12.2. The van der Waals surface area contributed by atoms with Crippen molar-refractivity contribution in [1.29, 1.82) is 0 Å². The monoisotopic (exact) mass is 284 g/mol. The molecule has 0 aromatic rings. The molecular weight excluding hydrogens is 260 g/mol. The smallest absolute Gasteiger partial charge is 0.329 e. The summed E-state index contributed by atoms with van der Waals surface area (Å²) in [5.41, 5.74) is -1.10. The van der Waals surface area contributed by atoms with Crippen LogP contribution in [0.3, 0.4) is 0 Å². The summed E-state index contributed by atoms with van der Waals surface area (Å²) < 4.78 is 5.40. The van der Waals surface area contributed by atoms with Gasteiger partial charge in [0, 0.05) is 13.1 Å². The van der Waals surface area contributed by atoms with Crippen LogP contribution in [0.1, 0.15) is 39.5 Å². The number of urea groups is 1. The number of morpholine rings is 1. The van der Waals surface area contributed by atoms with Crippen molar-refractivity contribution < 1.29 is 19.4 Å². The topological polar surface area (TPSA) is 78.9 Å². The molecule has 2 aliphatic rings. The Hall–Kier alpha value is -1.30. The molecule has 6 nitrogen and oxygen atoms in total. The molecule has 1 aliphatic carbocycles. The van der Waals surface area contributed by atoms with Crippen LogP contribution in [0.15, 0.2) is 0 Å². The van der Waals surface area contributed by atoms with Crippen molar-refractivity contribution in [2.45, 2.75) is 51.2 Å². The maximum absolute atomic E-state index is 12.3. The number of rotatable bonds is 2. The van der Waals surface area contributed by atoms with Crippen LogP contribution in [0.25, 0.3) is 0 Å². The third kappa shape index (κ3) is 3.23. The van der Waals surface area contributed by atoms with Crippen LogP contribution in [0.2, 0.25) is 0 Å². The van der Waals surface area contributed by atoms with Gasteiger partial charge in [-0.1, -0.05) is 19.8 Å². The number of hydrogen-bond acceptors (Lipinski definition) is 3. The summed E-state index contributed by atoms with van der Waals surface area (Å²) in [6.45, 7) is 5.48. The molecule has 0 spiro atoms. The number of amides is 2. The molecule has 0 aromatic carbocycles. The molecule has 6 heteroatoms. The average Bonchev–Trinajstić information content (AvgIpc) is 2.38. The Morgan fingerprint density at radius 1 is 1.40 bits per heavy atom. The van der Waals surface area contributed by atoms with E-state index in [9.17, 15) is 14.7 Å². The van der Waals surface area contributed by atoms with Crippen molar-refractivity contribution in [2.24, 2.45) is 5.92 Å². The first-order valence-electron chi connectivity index (χ1n) is 7.35. The molecule has 2 N–H and O–H groups in total. The van der Waals surface area contributed by atoms with E-state index in [1.807, 2.05) is 13.8 Å². The van der Waals surface area contributed by atoms with Crippen LogP contribution in [0, 0.1) is 5.92 Å².